The van der Waals surface area contributed by atoms with Crippen molar-refractivity contribution in [2.45, 2.75) is 20.0 Å². The maximum atomic E-state index is 13.3. The maximum Gasteiger partial charge on any atom is 0.332 e. The molecule has 0 spiro atoms. The lowest BCUT2D eigenvalue weighted by Gasteiger charge is -2.26. The number of rotatable bonds is 4. The first-order chi connectivity index (χ1) is 14.5. The molecule has 5 rings (SSSR count). The summed E-state index contributed by atoms with van der Waals surface area (Å²) < 4.78 is 10.2. The van der Waals surface area contributed by atoms with E-state index in [9.17, 15) is 9.59 Å². The third-order valence-corrected chi connectivity index (χ3v) is 6.06. The van der Waals surface area contributed by atoms with Crippen molar-refractivity contribution >= 4 is 22.8 Å². The first kappa shape index (κ1) is 19.1. The molecule has 158 valence electrons. The van der Waals surface area contributed by atoms with Crippen LogP contribution in [0.25, 0.3) is 11.2 Å². The zero-order chi connectivity index (χ0) is 20.8. The minimum absolute atomic E-state index is 0.258. The topological polar surface area (TPSA) is 77.5 Å². The molecule has 1 fully saturated rings. The third-order valence-electron chi connectivity index (χ3n) is 6.06. The zero-order valence-electron chi connectivity index (χ0n) is 17.4. The van der Waals surface area contributed by atoms with Crippen molar-refractivity contribution in [3.63, 3.8) is 0 Å². The second-order valence-corrected chi connectivity index (χ2v) is 7.98. The van der Waals surface area contributed by atoms with Crippen LogP contribution in [0.3, 0.4) is 0 Å². The highest BCUT2D eigenvalue weighted by Crippen LogP contribution is 2.31. The van der Waals surface area contributed by atoms with Crippen molar-refractivity contribution in [2.75, 3.05) is 44.3 Å². The van der Waals surface area contributed by atoms with Crippen molar-refractivity contribution in [1.29, 1.82) is 0 Å². The van der Waals surface area contributed by atoms with Crippen LogP contribution in [0, 0.1) is 6.92 Å². The van der Waals surface area contributed by atoms with Gasteiger partial charge < -0.3 is 14.2 Å². The van der Waals surface area contributed by atoms with Gasteiger partial charge >= 0.3 is 5.69 Å². The first-order valence-corrected chi connectivity index (χ1v) is 10.4. The Morgan fingerprint density at radius 2 is 1.87 bits per heavy atom. The summed E-state index contributed by atoms with van der Waals surface area (Å²) in [6.07, 6.45) is 0. The van der Waals surface area contributed by atoms with E-state index in [4.69, 9.17) is 9.72 Å². The van der Waals surface area contributed by atoms with E-state index in [-0.39, 0.29) is 11.2 Å². The summed E-state index contributed by atoms with van der Waals surface area (Å²) in [6.45, 7) is 7.52. The van der Waals surface area contributed by atoms with Gasteiger partial charge in [-0.2, -0.15) is 4.98 Å². The molecule has 2 aliphatic rings. The number of hydrogen-bond donors (Lipinski definition) is 0. The van der Waals surface area contributed by atoms with Gasteiger partial charge in [0.15, 0.2) is 11.2 Å². The van der Waals surface area contributed by atoms with E-state index >= 15 is 0 Å². The number of imidazole rings is 1. The summed E-state index contributed by atoms with van der Waals surface area (Å²) in [4.78, 5) is 35.3. The Bertz CT molecular complexity index is 1220. The van der Waals surface area contributed by atoms with E-state index in [1.165, 1.54) is 14.7 Å². The normalized spacial score (nSPS) is 17.1. The molecule has 0 amide bonds. The molecule has 2 aliphatic heterocycles. The molecule has 2 aromatic heterocycles. The Labute approximate surface area is 173 Å². The summed E-state index contributed by atoms with van der Waals surface area (Å²) >= 11 is 0. The van der Waals surface area contributed by atoms with Gasteiger partial charge in [0.2, 0.25) is 5.95 Å². The van der Waals surface area contributed by atoms with E-state index in [0.29, 0.717) is 50.0 Å². The highest BCUT2D eigenvalue weighted by Gasteiger charge is 2.28. The van der Waals surface area contributed by atoms with Crippen LogP contribution in [-0.2, 0) is 24.9 Å². The molecule has 0 radical (unpaired) electrons. The summed E-state index contributed by atoms with van der Waals surface area (Å²) in [5.74, 6) is 0.716. The summed E-state index contributed by atoms with van der Waals surface area (Å²) in [6, 6.07) is 8.22. The van der Waals surface area contributed by atoms with Gasteiger partial charge in [0, 0.05) is 52.0 Å². The van der Waals surface area contributed by atoms with Gasteiger partial charge in [0.05, 0.1) is 13.2 Å². The number of morpholine rings is 1. The van der Waals surface area contributed by atoms with E-state index in [2.05, 4.69) is 28.9 Å². The lowest BCUT2D eigenvalue weighted by molar-refractivity contribution is 0.0361. The quantitative estimate of drug-likeness (QED) is 0.630. The van der Waals surface area contributed by atoms with Gasteiger partial charge in [-0.05, 0) is 24.6 Å². The minimum atomic E-state index is -0.320. The van der Waals surface area contributed by atoms with Gasteiger partial charge in [0.25, 0.3) is 5.56 Å². The average molecular weight is 410 g/mol. The summed E-state index contributed by atoms with van der Waals surface area (Å²) in [5, 5.41) is 0. The van der Waals surface area contributed by atoms with Crippen molar-refractivity contribution in [3.8, 4) is 0 Å². The predicted molar refractivity (Wildman–Crippen MR) is 115 cm³/mol. The number of benzene rings is 1. The molecule has 0 saturated carbocycles. The van der Waals surface area contributed by atoms with Crippen LogP contribution < -0.4 is 16.1 Å². The molecule has 4 heterocycles. The molecule has 30 heavy (non-hydrogen) atoms. The minimum Gasteiger partial charge on any atom is -0.379 e. The lowest BCUT2D eigenvalue weighted by Crippen LogP contribution is -2.44. The van der Waals surface area contributed by atoms with Gasteiger partial charge in [-0.1, -0.05) is 12.1 Å². The van der Waals surface area contributed by atoms with Crippen LogP contribution in [-0.4, -0.2) is 63.0 Å². The van der Waals surface area contributed by atoms with Crippen LogP contribution in [0.1, 0.15) is 5.56 Å². The summed E-state index contributed by atoms with van der Waals surface area (Å²) in [5.41, 5.74) is 2.58. The zero-order valence-corrected chi connectivity index (χ0v) is 17.4. The standard InChI is InChI=1S/C21H26N6O3/c1-15-4-3-5-16(14-15)25-8-9-26-17-18(22-20(25)26)23(2)21(29)27(19(17)28)7-6-24-10-12-30-13-11-24/h3-5,14H,6-13H2,1-2H3. The number of anilines is 2. The van der Waals surface area contributed by atoms with Crippen molar-refractivity contribution in [2.24, 2.45) is 7.05 Å². The smallest absolute Gasteiger partial charge is 0.332 e. The molecular weight excluding hydrogens is 384 g/mol. The molecule has 9 nitrogen and oxygen atoms in total. The molecule has 0 N–H and O–H groups in total. The number of aromatic nitrogens is 4. The second kappa shape index (κ2) is 7.41. The van der Waals surface area contributed by atoms with E-state index in [0.717, 1.165) is 25.3 Å². The molecule has 3 aromatic rings. The fourth-order valence-corrected chi connectivity index (χ4v) is 4.38. The van der Waals surface area contributed by atoms with E-state index in [1.54, 1.807) is 7.05 Å². The molecule has 0 bridgehead atoms. The molecule has 1 saturated heterocycles. The molecule has 0 atom stereocenters. The number of fused-ring (bicyclic) bond motifs is 3. The average Bonchev–Trinajstić information content (AvgIpc) is 3.32. The van der Waals surface area contributed by atoms with Crippen LogP contribution in [0.5, 0.6) is 0 Å². The lowest BCUT2D eigenvalue weighted by atomic mass is 10.2. The van der Waals surface area contributed by atoms with Crippen molar-refractivity contribution in [1.82, 2.24) is 23.6 Å². The van der Waals surface area contributed by atoms with Gasteiger partial charge in [-0.25, -0.2) is 4.79 Å². The highest BCUT2D eigenvalue weighted by atomic mass is 16.5. The third kappa shape index (κ3) is 3.05. The Balaban J connectivity index is 1.56. The van der Waals surface area contributed by atoms with Crippen LogP contribution in [0.4, 0.5) is 11.6 Å². The molecule has 0 aliphatic carbocycles. The SMILES string of the molecule is Cc1cccc(N2CCn3c2nc2c3c(=O)n(CCN3CCOCC3)c(=O)n2C)c1. The summed E-state index contributed by atoms with van der Waals surface area (Å²) in [7, 11) is 1.69. The Hall–Kier alpha value is -2.91. The van der Waals surface area contributed by atoms with Crippen molar-refractivity contribution < 1.29 is 4.74 Å². The molecule has 9 heteroatoms. The number of hydrogen-bond acceptors (Lipinski definition) is 6. The monoisotopic (exact) mass is 410 g/mol. The Kier molecular flexibility index (Phi) is 4.71. The largest absolute Gasteiger partial charge is 0.379 e. The first-order valence-electron chi connectivity index (χ1n) is 10.4. The predicted octanol–water partition coefficient (Wildman–Crippen LogP) is 0.689. The number of aryl methyl sites for hydroxylation is 2. The highest BCUT2D eigenvalue weighted by molar-refractivity contribution is 5.77. The Morgan fingerprint density at radius 1 is 1.07 bits per heavy atom. The number of nitrogens with zero attached hydrogens (tertiary/aromatic N) is 6. The Morgan fingerprint density at radius 3 is 2.63 bits per heavy atom. The fraction of sp³-hybridized carbons (Fsp3) is 0.476. The van der Waals surface area contributed by atoms with Gasteiger partial charge in [-0.15, -0.1) is 0 Å². The maximum absolute atomic E-state index is 13.3. The van der Waals surface area contributed by atoms with Crippen LogP contribution in [0.2, 0.25) is 0 Å². The van der Waals surface area contributed by atoms with Crippen molar-refractivity contribution in [3.05, 3.63) is 50.7 Å². The second-order valence-electron chi connectivity index (χ2n) is 7.98. The molecule has 0 unspecified atom stereocenters. The van der Waals surface area contributed by atoms with Gasteiger partial charge in [0.1, 0.15) is 0 Å². The van der Waals surface area contributed by atoms with Gasteiger partial charge in [-0.3, -0.25) is 18.8 Å². The number of ether oxygens (including phenoxy) is 1. The fourth-order valence-electron chi connectivity index (χ4n) is 4.38. The van der Waals surface area contributed by atoms with Crippen LogP contribution >= 0.6 is 0 Å². The van der Waals surface area contributed by atoms with Crippen LogP contribution in [0.15, 0.2) is 33.9 Å². The molecular formula is C21H26N6O3. The van der Waals surface area contributed by atoms with E-state index < -0.39 is 0 Å². The molecule has 1 aromatic carbocycles. The van der Waals surface area contributed by atoms with E-state index in [1.807, 2.05) is 16.7 Å².